The van der Waals surface area contributed by atoms with Gasteiger partial charge >= 0.3 is 0 Å². The van der Waals surface area contributed by atoms with Gasteiger partial charge in [-0.3, -0.25) is 4.79 Å². The van der Waals surface area contributed by atoms with E-state index in [0.29, 0.717) is 42.2 Å². The summed E-state index contributed by atoms with van der Waals surface area (Å²) in [6, 6.07) is 0.625. The maximum atomic E-state index is 12.8. The second kappa shape index (κ2) is 8.44. The molecule has 0 bridgehead atoms. The largest absolute Gasteiger partial charge is 0.611 e. The van der Waals surface area contributed by atoms with Crippen LogP contribution < -0.4 is 10.2 Å². The summed E-state index contributed by atoms with van der Waals surface area (Å²) >= 11 is -1.06. The van der Waals surface area contributed by atoms with E-state index in [0.717, 1.165) is 68.4 Å². The summed E-state index contributed by atoms with van der Waals surface area (Å²) < 4.78 is 20.2. The Morgan fingerprint density at radius 1 is 1.21 bits per heavy atom. The maximum Gasteiger partial charge on any atom is 0.274 e. The second-order valence-corrected chi connectivity index (χ2v) is 10.8. The predicted octanol–water partition coefficient (Wildman–Crippen LogP) is 1.18. The van der Waals surface area contributed by atoms with Gasteiger partial charge in [-0.25, -0.2) is 9.97 Å². The first kappa shape index (κ1) is 21.2. The van der Waals surface area contributed by atoms with E-state index in [4.69, 9.17) is 14.7 Å². The van der Waals surface area contributed by atoms with Gasteiger partial charge in [0.1, 0.15) is 23.0 Å². The van der Waals surface area contributed by atoms with Crippen molar-refractivity contribution in [3.63, 3.8) is 0 Å². The van der Waals surface area contributed by atoms with E-state index < -0.39 is 11.2 Å². The SMILES string of the molecule is CN(C(=O)c1cn2c(n1)CN(c1nc3c(c(NC4CCOCC4)n1)[S+]([O-])CC3)CC2)C1CC1. The summed E-state index contributed by atoms with van der Waals surface area (Å²) in [5, 5.41) is 3.54. The fourth-order valence-electron chi connectivity index (χ4n) is 4.79. The van der Waals surface area contributed by atoms with Gasteiger partial charge in [-0.15, -0.1) is 0 Å². The number of aromatic nitrogens is 4. The molecule has 11 heteroatoms. The van der Waals surface area contributed by atoms with Crippen molar-refractivity contribution < 1.29 is 14.1 Å². The highest BCUT2D eigenvalue weighted by molar-refractivity contribution is 7.91. The van der Waals surface area contributed by atoms with Crippen molar-refractivity contribution in [2.75, 3.05) is 42.8 Å². The Morgan fingerprint density at radius 2 is 2.03 bits per heavy atom. The molecule has 1 amide bonds. The van der Waals surface area contributed by atoms with Crippen LogP contribution in [0.15, 0.2) is 11.1 Å². The van der Waals surface area contributed by atoms with Crippen molar-refractivity contribution in [3.8, 4) is 0 Å². The number of carbonyl (C=O) groups excluding carboxylic acids is 1. The van der Waals surface area contributed by atoms with Crippen LogP contribution in [0, 0.1) is 0 Å². The lowest BCUT2D eigenvalue weighted by molar-refractivity contribution is 0.0779. The highest BCUT2D eigenvalue weighted by Gasteiger charge is 2.35. The number of hydrogen-bond donors (Lipinski definition) is 1. The first-order valence-corrected chi connectivity index (χ1v) is 13.1. The topological polar surface area (TPSA) is 111 Å². The van der Waals surface area contributed by atoms with Crippen LogP contribution in [0.5, 0.6) is 0 Å². The molecule has 1 saturated heterocycles. The normalized spacial score (nSPS) is 22.7. The molecule has 1 unspecified atom stereocenters. The molecule has 0 aromatic carbocycles. The molecule has 3 aliphatic heterocycles. The van der Waals surface area contributed by atoms with Crippen LogP contribution in [-0.2, 0) is 35.4 Å². The van der Waals surface area contributed by atoms with Gasteiger partial charge in [0.2, 0.25) is 10.8 Å². The number of ether oxygens (including phenoxy) is 1. The van der Waals surface area contributed by atoms with Gasteiger partial charge in [0, 0.05) is 58.1 Å². The summed E-state index contributed by atoms with van der Waals surface area (Å²) in [6.45, 7) is 3.45. The average molecular weight is 472 g/mol. The second-order valence-electron chi connectivity index (χ2n) is 9.28. The van der Waals surface area contributed by atoms with Gasteiger partial charge in [-0.2, -0.15) is 4.98 Å². The number of nitrogens with zero attached hydrogens (tertiary/aromatic N) is 6. The van der Waals surface area contributed by atoms with Gasteiger partial charge < -0.3 is 29.0 Å². The van der Waals surface area contributed by atoms with E-state index in [1.165, 1.54) is 0 Å². The first-order chi connectivity index (χ1) is 16.1. The Bertz CT molecular complexity index is 1070. The number of carbonyl (C=O) groups is 1. The van der Waals surface area contributed by atoms with E-state index in [-0.39, 0.29) is 11.9 Å². The first-order valence-electron chi connectivity index (χ1n) is 11.8. The van der Waals surface area contributed by atoms with Crippen molar-refractivity contribution in [1.82, 2.24) is 24.4 Å². The van der Waals surface area contributed by atoms with Crippen molar-refractivity contribution in [2.24, 2.45) is 0 Å². The van der Waals surface area contributed by atoms with Crippen LogP contribution in [-0.4, -0.2) is 79.5 Å². The molecular formula is C22H29N7O3S. The van der Waals surface area contributed by atoms with Gasteiger partial charge in [0.25, 0.3) is 5.91 Å². The zero-order valence-corrected chi connectivity index (χ0v) is 19.6. The Kier molecular flexibility index (Phi) is 5.42. The summed E-state index contributed by atoms with van der Waals surface area (Å²) in [6.07, 6.45) is 6.55. The van der Waals surface area contributed by atoms with Crippen LogP contribution in [0.4, 0.5) is 11.8 Å². The molecule has 1 N–H and O–H groups in total. The zero-order valence-electron chi connectivity index (χ0n) is 18.8. The lowest BCUT2D eigenvalue weighted by Gasteiger charge is -2.29. The van der Waals surface area contributed by atoms with Gasteiger partial charge in [0.05, 0.1) is 6.54 Å². The van der Waals surface area contributed by atoms with Crippen molar-refractivity contribution in [2.45, 2.75) is 62.2 Å². The summed E-state index contributed by atoms with van der Waals surface area (Å²) in [4.78, 5) is 31.7. The molecule has 5 heterocycles. The minimum atomic E-state index is -1.06. The van der Waals surface area contributed by atoms with Crippen LogP contribution in [0.25, 0.3) is 0 Å². The number of rotatable bonds is 5. The van der Waals surface area contributed by atoms with Crippen molar-refractivity contribution in [3.05, 3.63) is 23.4 Å². The molecule has 10 nitrogen and oxygen atoms in total. The summed E-state index contributed by atoms with van der Waals surface area (Å²) in [7, 11) is 1.86. The monoisotopic (exact) mass is 471 g/mol. The molecule has 2 aromatic rings. The highest BCUT2D eigenvalue weighted by atomic mass is 32.2. The smallest absolute Gasteiger partial charge is 0.274 e. The number of fused-ring (bicyclic) bond motifs is 2. The Balaban J connectivity index is 1.25. The fourth-order valence-corrected chi connectivity index (χ4v) is 6.11. The minimum absolute atomic E-state index is 0.00911. The summed E-state index contributed by atoms with van der Waals surface area (Å²) in [5.74, 6) is 2.78. The number of anilines is 2. The third-order valence-corrected chi connectivity index (χ3v) is 8.42. The molecule has 6 rings (SSSR count). The van der Waals surface area contributed by atoms with E-state index in [9.17, 15) is 9.35 Å². The lowest BCUT2D eigenvalue weighted by Crippen LogP contribution is -2.35. The van der Waals surface area contributed by atoms with Gasteiger partial charge in [-0.05, 0) is 36.9 Å². The quantitative estimate of drug-likeness (QED) is 0.647. The highest BCUT2D eigenvalue weighted by Crippen LogP contribution is 2.34. The Labute approximate surface area is 195 Å². The number of aryl methyl sites for hydroxylation is 1. The molecule has 0 radical (unpaired) electrons. The maximum absolute atomic E-state index is 12.8. The molecule has 1 atom stereocenters. The van der Waals surface area contributed by atoms with Crippen molar-refractivity contribution >= 4 is 28.8 Å². The summed E-state index contributed by atoms with van der Waals surface area (Å²) in [5.41, 5.74) is 1.39. The average Bonchev–Trinajstić information content (AvgIpc) is 3.49. The molecule has 4 aliphatic rings. The van der Waals surface area contributed by atoms with Crippen LogP contribution >= 0.6 is 0 Å². The predicted molar refractivity (Wildman–Crippen MR) is 123 cm³/mol. The molecular weight excluding hydrogens is 442 g/mol. The Hall–Kier alpha value is -2.37. The number of amides is 1. The number of imidazole rings is 1. The lowest BCUT2D eigenvalue weighted by atomic mass is 10.1. The molecule has 176 valence electrons. The molecule has 33 heavy (non-hydrogen) atoms. The third-order valence-electron chi connectivity index (χ3n) is 6.96. The number of nitrogens with one attached hydrogen (secondary N) is 1. The van der Waals surface area contributed by atoms with E-state index in [1.807, 2.05) is 18.1 Å². The standard InChI is InChI=1S/C22H29N7O3S/c1-27(15-2-3-15)21(30)17-12-28-7-8-29(13-18(28)24-17)22-25-16-6-11-33(31)19(16)20(26-22)23-14-4-9-32-10-5-14/h12,14-15H,2-11,13H2,1H3,(H,23,25,26). The third kappa shape index (κ3) is 4.06. The minimum Gasteiger partial charge on any atom is -0.611 e. The molecule has 1 aliphatic carbocycles. The Morgan fingerprint density at radius 3 is 2.82 bits per heavy atom. The van der Waals surface area contributed by atoms with Crippen molar-refractivity contribution in [1.29, 1.82) is 0 Å². The molecule has 2 fully saturated rings. The van der Waals surface area contributed by atoms with Crippen LogP contribution in [0.2, 0.25) is 0 Å². The zero-order chi connectivity index (χ0) is 22.5. The van der Waals surface area contributed by atoms with E-state index >= 15 is 0 Å². The van der Waals surface area contributed by atoms with Crippen LogP contribution in [0.1, 0.15) is 47.7 Å². The molecule has 1 saturated carbocycles. The number of hydrogen-bond acceptors (Lipinski definition) is 8. The molecule has 2 aromatic heterocycles. The van der Waals surface area contributed by atoms with E-state index in [1.54, 1.807) is 0 Å². The van der Waals surface area contributed by atoms with Crippen LogP contribution in [0.3, 0.4) is 0 Å². The fraction of sp³-hybridized carbons (Fsp3) is 0.636. The van der Waals surface area contributed by atoms with Gasteiger partial charge in [0.15, 0.2) is 5.82 Å². The van der Waals surface area contributed by atoms with E-state index in [2.05, 4.69) is 19.8 Å². The van der Waals surface area contributed by atoms with Gasteiger partial charge in [-0.1, -0.05) is 0 Å². The molecule has 0 spiro atoms.